The Morgan fingerprint density at radius 1 is 0.551 bits per heavy atom. The predicted octanol–water partition coefficient (Wildman–Crippen LogP) is 11.8. The van der Waals surface area contributed by atoms with E-state index in [4.69, 9.17) is 4.74 Å². The first-order valence-electron chi connectivity index (χ1n) is 21.4. The third-order valence-corrected chi connectivity index (χ3v) is 9.81. The Labute approximate surface area is 304 Å². The number of amides is 1. The first-order valence-corrected chi connectivity index (χ1v) is 21.4. The summed E-state index contributed by atoms with van der Waals surface area (Å²) in [6, 6.07) is -0.575. The van der Waals surface area contributed by atoms with Gasteiger partial charge in [-0.15, -0.1) is 0 Å². The summed E-state index contributed by atoms with van der Waals surface area (Å²) in [5.74, 6) is -0.133. The average Bonchev–Trinajstić information content (AvgIpc) is 3.10. The van der Waals surface area contributed by atoms with E-state index in [9.17, 15) is 19.8 Å². The van der Waals surface area contributed by atoms with Crippen molar-refractivity contribution in [2.24, 2.45) is 0 Å². The number of unbranched alkanes of at least 4 members (excludes halogenated alkanes) is 26. The van der Waals surface area contributed by atoms with Gasteiger partial charge in [-0.2, -0.15) is 0 Å². The first-order chi connectivity index (χ1) is 24.0. The third-order valence-electron chi connectivity index (χ3n) is 9.81. The molecular weight excluding hydrogens is 610 g/mol. The molecule has 0 saturated heterocycles. The fourth-order valence-electron chi connectivity index (χ4n) is 6.46. The monoisotopic (exact) mass is 694 g/mol. The van der Waals surface area contributed by atoms with Crippen LogP contribution in [0.1, 0.15) is 226 Å². The van der Waals surface area contributed by atoms with E-state index in [0.717, 1.165) is 70.6 Å². The highest BCUT2D eigenvalue weighted by Gasteiger charge is 2.19. The zero-order chi connectivity index (χ0) is 35.9. The Morgan fingerprint density at radius 2 is 0.980 bits per heavy atom. The van der Waals surface area contributed by atoms with E-state index in [0.29, 0.717) is 25.9 Å². The Balaban J connectivity index is 3.54. The van der Waals surface area contributed by atoms with Crippen LogP contribution in [-0.4, -0.2) is 47.4 Å². The summed E-state index contributed by atoms with van der Waals surface area (Å²) in [4.78, 5) is 24.3. The normalized spacial score (nSPS) is 12.8. The van der Waals surface area contributed by atoms with Gasteiger partial charge in [0.2, 0.25) is 5.91 Å². The van der Waals surface area contributed by atoms with Crippen molar-refractivity contribution < 1.29 is 24.5 Å². The van der Waals surface area contributed by atoms with Crippen LogP contribution in [0.3, 0.4) is 0 Å². The van der Waals surface area contributed by atoms with Crippen molar-refractivity contribution in [3.8, 4) is 0 Å². The molecule has 3 N–H and O–H groups in total. The number of carbonyl (C=O) groups is 2. The minimum absolute atomic E-state index is 0.0351. The number of aliphatic hydroxyl groups is 2. The van der Waals surface area contributed by atoms with E-state index < -0.39 is 12.1 Å². The molecule has 2 atom stereocenters. The van der Waals surface area contributed by atoms with Gasteiger partial charge in [0.1, 0.15) is 0 Å². The maximum atomic E-state index is 12.3. The summed E-state index contributed by atoms with van der Waals surface area (Å²) in [6.07, 6.45) is 41.7. The highest BCUT2D eigenvalue weighted by Crippen LogP contribution is 2.15. The van der Waals surface area contributed by atoms with Gasteiger partial charge in [-0.1, -0.05) is 180 Å². The number of rotatable bonds is 39. The van der Waals surface area contributed by atoms with Gasteiger partial charge in [0.25, 0.3) is 0 Å². The molecule has 0 heterocycles. The minimum Gasteiger partial charge on any atom is -0.466 e. The summed E-state index contributed by atoms with van der Waals surface area (Å²) in [7, 11) is 0. The van der Waals surface area contributed by atoms with E-state index >= 15 is 0 Å². The van der Waals surface area contributed by atoms with Gasteiger partial charge in [-0.05, 0) is 44.9 Å². The number of carbonyl (C=O) groups excluding carboxylic acids is 2. The molecule has 0 bridgehead atoms. The lowest BCUT2D eigenvalue weighted by Crippen LogP contribution is -2.45. The number of hydrogen-bond donors (Lipinski definition) is 3. The molecular formula is C43H83NO5. The van der Waals surface area contributed by atoms with Gasteiger partial charge in [-0.25, -0.2) is 0 Å². The number of allylic oxidation sites excluding steroid dienone is 2. The Bertz CT molecular complexity index is 727. The van der Waals surface area contributed by atoms with Crippen molar-refractivity contribution in [1.82, 2.24) is 5.32 Å². The largest absolute Gasteiger partial charge is 0.466 e. The maximum absolute atomic E-state index is 12.3. The highest BCUT2D eigenvalue weighted by atomic mass is 16.5. The van der Waals surface area contributed by atoms with Crippen LogP contribution in [0.15, 0.2) is 12.2 Å². The average molecular weight is 694 g/mol. The fraction of sp³-hybridized carbons (Fsp3) is 0.907. The van der Waals surface area contributed by atoms with Crippen molar-refractivity contribution in [3.05, 3.63) is 12.2 Å². The molecule has 290 valence electrons. The topological polar surface area (TPSA) is 95.9 Å². The zero-order valence-corrected chi connectivity index (χ0v) is 32.7. The first kappa shape index (κ1) is 47.6. The molecule has 0 aliphatic rings. The van der Waals surface area contributed by atoms with Gasteiger partial charge >= 0.3 is 5.97 Å². The second-order valence-corrected chi connectivity index (χ2v) is 14.7. The van der Waals surface area contributed by atoms with E-state index in [1.807, 2.05) is 0 Å². The maximum Gasteiger partial charge on any atom is 0.305 e. The third kappa shape index (κ3) is 36.2. The van der Waals surface area contributed by atoms with Crippen LogP contribution in [0, 0.1) is 0 Å². The highest BCUT2D eigenvalue weighted by molar-refractivity contribution is 5.76. The Kier molecular flexibility index (Phi) is 38.3. The molecule has 0 aromatic carbocycles. The molecule has 2 unspecified atom stereocenters. The van der Waals surface area contributed by atoms with Gasteiger partial charge < -0.3 is 20.3 Å². The van der Waals surface area contributed by atoms with E-state index in [1.54, 1.807) is 0 Å². The smallest absolute Gasteiger partial charge is 0.305 e. The number of nitrogens with one attached hydrogen (secondary N) is 1. The van der Waals surface area contributed by atoms with Gasteiger partial charge in [0, 0.05) is 12.8 Å². The summed E-state index contributed by atoms with van der Waals surface area (Å²) in [6.45, 7) is 4.83. The van der Waals surface area contributed by atoms with E-state index in [-0.39, 0.29) is 18.5 Å². The lowest BCUT2D eigenvalue weighted by atomic mass is 10.0. The lowest BCUT2D eigenvalue weighted by Gasteiger charge is -2.22. The van der Waals surface area contributed by atoms with E-state index in [2.05, 4.69) is 31.3 Å². The molecule has 0 radical (unpaired) electrons. The molecule has 0 saturated carbocycles. The fourth-order valence-corrected chi connectivity index (χ4v) is 6.46. The zero-order valence-electron chi connectivity index (χ0n) is 32.7. The van der Waals surface area contributed by atoms with E-state index in [1.165, 1.54) is 122 Å². The van der Waals surface area contributed by atoms with Gasteiger partial charge in [0.15, 0.2) is 0 Å². The number of ether oxygens (including phenoxy) is 1. The lowest BCUT2D eigenvalue weighted by molar-refractivity contribution is -0.143. The molecule has 0 fully saturated rings. The second-order valence-electron chi connectivity index (χ2n) is 14.7. The van der Waals surface area contributed by atoms with Gasteiger partial charge in [-0.3, -0.25) is 9.59 Å². The van der Waals surface area contributed by atoms with Crippen LogP contribution in [0.5, 0.6) is 0 Å². The molecule has 6 heteroatoms. The van der Waals surface area contributed by atoms with Crippen LogP contribution in [-0.2, 0) is 14.3 Å². The van der Waals surface area contributed by atoms with Crippen LogP contribution in [0.2, 0.25) is 0 Å². The van der Waals surface area contributed by atoms with Crippen LogP contribution < -0.4 is 5.32 Å². The molecule has 0 aromatic rings. The summed E-state index contributed by atoms with van der Waals surface area (Å²) in [5, 5.41) is 23.0. The van der Waals surface area contributed by atoms with Crippen molar-refractivity contribution in [2.75, 3.05) is 13.2 Å². The van der Waals surface area contributed by atoms with Crippen LogP contribution >= 0.6 is 0 Å². The molecule has 0 spiro atoms. The molecule has 6 nitrogen and oxygen atoms in total. The van der Waals surface area contributed by atoms with Crippen LogP contribution in [0.25, 0.3) is 0 Å². The number of hydrogen-bond acceptors (Lipinski definition) is 5. The summed E-state index contributed by atoms with van der Waals surface area (Å²) in [5.41, 5.74) is 0. The Hall–Kier alpha value is -1.40. The molecule has 1 amide bonds. The molecule has 0 aliphatic heterocycles. The molecule has 49 heavy (non-hydrogen) atoms. The van der Waals surface area contributed by atoms with Crippen molar-refractivity contribution in [2.45, 2.75) is 238 Å². The standard InChI is InChI=1S/C43H83NO5/c1-3-5-7-9-11-13-15-16-17-21-25-29-33-37-43(48)49-38-34-30-26-22-18-20-24-28-32-36-42(47)44-40(39-45)41(46)35-31-27-23-19-14-12-10-8-6-4-2/h20,24,40-41,45-46H,3-19,21-23,25-39H2,1-2H3,(H,44,47)/b24-20-. The van der Waals surface area contributed by atoms with Crippen molar-refractivity contribution in [1.29, 1.82) is 0 Å². The molecule has 0 rings (SSSR count). The Morgan fingerprint density at radius 3 is 1.49 bits per heavy atom. The summed E-state index contributed by atoms with van der Waals surface area (Å²) < 4.78 is 5.42. The SMILES string of the molecule is CCCCCCCCCCCCCCCC(=O)OCCCCCC/C=C\CCCC(=O)NC(CO)C(O)CCCCCCCCCCCC. The number of esters is 1. The van der Waals surface area contributed by atoms with Crippen LogP contribution in [0.4, 0.5) is 0 Å². The predicted molar refractivity (Wildman–Crippen MR) is 209 cm³/mol. The molecule has 0 aliphatic carbocycles. The minimum atomic E-state index is -0.691. The second kappa shape index (κ2) is 39.4. The van der Waals surface area contributed by atoms with Crippen molar-refractivity contribution in [3.63, 3.8) is 0 Å². The number of aliphatic hydroxyl groups excluding tert-OH is 2. The van der Waals surface area contributed by atoms with Crippen molar-refractivity contribution >= 4 is 11.9 Å². The quantitative estimate of drug-likeness (QED) is 0.0338. The van der Waals surface area contributed by atoms with Gasteiger partial charge in [0.05, 0.1) is 25.4 Å². The molecule has 0 aromatic heterocycles. The summed E-state index contributed by atoms with van der Waals surface area (Å²) >= 11 is 0.